The van der Waals surface area contributed by atoms with Crippen molar-refractivity contribution in [1.82, 2.24) is 9.61 Å². The molecule has 2 heterocycles. The Hall–Kier alpha value is -2.79. The average Bonchev–Trinajstić information content (AvgIpc) is 3.61. The molecule has 7 nitrogen and oxygen atoms in total. The van der Waals surface area contributed by atoms with Crippen LogP contribution in [-0.4, -0.2) is 36.0 Å². The first-order chi connectivity index (χ1) is 17.2. The summed E-state index contributed by atoms with van der Waals surface area (Å²) >= 11 is 6.76. The molecular weight excluding hydrogens is 573 g/mol. The minimum absolute atomic E-state index is 0.0489. The number of anilines is 1. The molecule has 2 aromatic carbocycles. The number of halogens is 3. The zero-order chi connectivity index (χ0) is 25.6. The summed E-state index contributed by atoms with van der Waals surface area (Å²) in [4.78, 5) is 12.3. The van der Waals surface area contributed by atoms with Crippen molar-refractivity contribution in [3.63, 3.8) is 0 Å². The van der Waals surface area contributed by atoms with Crippen molar-refractivity contribution in [3.8, 4) is 11.3 Å². The summed E-state index contributed by atoms with van der Waals surface area (Å²) in [6.45, 7) is 0.145. The molecule has 1 aliphatic carbocycles. The van der Waals surface area contributed by atoms with Gasteiger partial charge in [-0.25, -0.2) is 17.9 Å². The van der Waals surface area contributed by atoms with Crippen LogP contribution in [0.2, 0.25) is 5.02 Å². The number of hydrogen-bond acceptors (Lipinski definition) is 3. The minimum Gasteiger partial charge on any atom is -0.478 e. The molecule has 0 spiro atoms. The lowest BCUT2D eigenvalue weighted by Crippen LogP contribution is -2.29. The number of hydrogen-bond donors (Lipinski definition) is 2. The lowest BCUT2D eigenvalue weighted by atomic mass is 10.0. The van der Waals surface area contributed by atoms with Gasteiger partial charge in [0.2, 0.25) is 0 Å². The molecular formula is C25H20BrClFN3O4S. The van der Waals surface area contributed by atoms with Crippen LogP contribution in [0.1, 0.15) is 40.2 Å². The second-order valence-electron chi connectivity index (χ2n) is 8.59. The highest BCUT2D eigenvalue weighted by Gasteiger charge is 2.32. The highest BCUT2D eigenvalue weighted by Crippen LogP contribution is 2.46. The fourth-order valence-corrected chi connectivity index (χ4v) is 5.20. The largest absolute Gasteiger partial charge is 0.478 e. The maximum absolute atomic E-state index is 14.0. The Morgan fingerprint density at radius 3 is 2.56 bits per heavy atom. The van der Waals surface area contributed by atoms with E-state index in [0.717, 1.165) is 18.4 Å². The Morgan fingerprint density at radius 1 is 1.22 bits per heavy atom. The molecule has 11 heteroatoms. The first-order valence-electron chi connectivity index (χ1n) is 11.1. The number of rotatable bonds is 8. The molecule has 0 saturated heterocycles. The summed E-state index contributed by atoms with van der Waals surface area (Å²) in [6, 6.07) is 13.2. The first-order valence-corrected chi connectivity index (χ1v) is 13.3. The third kappa shape index (κ3) is 4.90. The molecule has 1 atom stereocenters. The van der Waals surface area contributed by atoms with Gasteiger partial charge < -0.3 is 5.11 Å². The summed E-state index contributed by atoms with van der Waals surface area (Å²) in [6.07, 6.45) is 3.72. The zero-order valence-electron chi connectivity index (χ0n) is 18.7. The van der Waals surface area contributed by atoms with Gasteiger partial charge in [0.25, 0.3) is 11.3 Å². The summed E-state index contributed by atoms with van der Waals surface area (Å²) in [5.41, 5.74) is 3.28. The van der Waals surface area contributed by atoms with E-state index in [1.54, 1.807) is 48.7 Å². The third-order valence-electron chi connectivity index (χ3n) is 6.17. The van der Waals surface area contributed by atoms with Crippen molar-refractivity contribution in [2.45, 2.75) is 25.2 Å². The zero-order valence-corrected chi connectivity index (χ0v) is 21.9. The lowest BCUT2D eigenvalue weighted by Gasteiger charge is -2.23. The summed E-state index contributed by atoms with van der Waals surface area (Å²) in [5.74, 6) is -1.38. The van der Waals surface area contributed by atoms with E-state index in [2.05, 4.69) is 21.0 Å². The molecule has 5 rings (SSSR count). The van der Waals surface area contributed by atoms with E-state index in [0.29, 0.717) is 38.2 Å². The molecule has 2 N–H and O–H groups in total. The molecule has 36 heavy (non-hydrogen) atoms. The number of carboxylic acids is 1. The fraction of sp³-hybridized carbons (Fsp3) is 0.200. The molecule has 0 amide bonds. The van der Waals surface area contributed by atoms with E-state index < -0.39 is 23.1 Å². The van der Waals surface area contributed by atoms with Gasteiger partial charge in [0.1, 0.15) is 17.1 Å². The summed E-state index contributed by atoms with van der Waals surface area (Å²) in [7, 11) is 0. The predicted molar refractivity (Wildman–Crippen MR) is 140 cm³/mol. The number of carbonyl (C=O) groups is 1. The Balaban J connectivity index is 1.60. The lowest BCUT2D eigenvalue weighted by molar-refractivity contribution is 0.0699. The first kappa shape index (κ1) is 24.9. The van der Waals surface area contributed by atoms with Crippen LogP contribution in [0.15, 0.2) is 59.2 Å². The third-order valence-corrected chi connectivity index (χ3v) is 7.82. The topological polar surface area (TPSA) is 95.1 Å². The quantitative estimate of drug-likeness (QED) is 0.234. The van der Waals surface area contributed by atoms with Crippen LogP contribution in [0.25, 0.3) is 16.8 Å². The van der Waals surface area contributed by atoms with Gasteiger partial charge in [-0.15, -0.1) is 0 Å². The van der Waals surface area contributed by atoms with Crippen LogP contribution in [-0.2, 0) is 17.7 Å². The van der Waals surface area contributed by atoms with E-state index in [-0.39, 0.29) is 23.7 Å². The van der Waals surface area contributed by atoms with E-state index in [1.807, 2.05) is 0 Å². The summed E-state index contributed by atoms with van der Waals surface area (Å²) in [5, 5.41) is 15.1. The molecule has 1 aliphatic rings. The normalized spacial score (nSPS) is 14.2. The van der Waals surface area contributed by atoms with Gasteiger partial charge in [-0.3, -0.25) is 8.86 Å². The second kappa shape index (κ2) is 9.93. The molecule has 0 aliphatic heterocycles. The van der Waals surface area contributed by atoms with Crippen molar-refractivity contribution < 1.29 is 23.1 Å². The van der Waals surface area contributed by atoms with Gasteiger partial charge in [-0.2, -0.15) is 5.10 Å². The smallest absolute Gasteiger partial charge is 0.340 e. The van der Waals surface area contributed by atoms with Crippen molar-refractivity contribution in [2.75, 3.05) is 10.8 Å². The van der Waals surface area contributed by atoms with Gasteiger partial charge >= 0.3 is 5.97 Å². The van der Waals surface area contributed by atoms with Crippen molar-refractivity contribution in [2.24, 2.45) is 0 Å². The molecule has 1 unspecified atom stereocenters. The molecule has 2 aromatic heterocycles. The predicted octanol–water partition coefficient (Wildman–Crippen LogP) is 6.32. The average molecular weight is 593 g/mol. The van der Waals surface area contributed by atoms with E-state index in [4.69, 9.17) is 11.6 Å². The monoisotopic (exact) mass is 591 g/mol. The molecule has 0 bridgehead atoms. The van der Waals surface area contributed by atoms with Crippen molar-refractivity contribution in [3.05, 3.63) is 86.7 Å². The Labute approximate surface area is 222 Å². The van der Waals surface area contributed by atoms with E-state index in [1.165, 1.54) is 14.9 Å². The van der Waals surface area contributed by atoms with Crippen LogP contribution in [0, 0.1) is 5.82 Å². The van der Waals surface area contributed by atoms with Gasteiger partial charge in [0.15, 0.2) is 0 Å². The maximum Gasteiger partial charge on any atom is 0.340 e. The fourth-order valence-electron chi connectivity index (χ4n) is 4.25. The maximum atomic E-state index is 14.0. The molecule has 1 saturated carbocycles. The van der Waals surface area contributed by atoms with E-state index >= 15 is 0 Å². The molecule has 1 fully saturated rings. The van der Waals surface area contributed by atoms with Crippen molar-refractivity contribution >= 4 is 56.0 Å². The van der Waals surface area contributed by atoms with Crippen LogP contribution < -0.4 is 4.31 Å². The van der Waals surface area contributed by atoms with Gasteiger partial charge in [0, 0.05) is 17.1 Å². The van der Waals surface area contributed by atoms with Crippen LogP contribution in [0.3, 0.4) is 0 Å². The van der Waals surface area contributed by atoms with Crippen LogP contribution >= 0.6 is 27.5 Å². The number of carboxylic acid groups (broad SMARTS) is 1. The number of nitrogens with zero attached hydrogens (tertiary/aromatic N) is 3. The highest BCUT2D eigenvalue weighted by atomic mass is 79.9. The second-order valence-corrected chi connectivity index (χ2v) is 10.8. The SMILES string of the molecule is O=C(O)c1c(-c2ccc(Cl)cc2)nn2cc(N(CCc3ccc(Br)c(F)c3)S(=O)O)c(C3CC3)cc12. The Kier molecular flexibility index (Phi) is 6.86. The number of fused-ring (bicyclic) bond motifs is 1. The van der Waals surface area contributed by atoms with Gasteiger partial charge in [-0.05, 0) is 82.6 Å². The van der Waals surface area contributed by atoms with Gasteiger partial charge in [0.05, 0.1) is 21.9 Å². The van der Waals surface area contributed by atoms with E-state index in [9.17, 15) is 23.1 Å². The van der Waals surface area contributed by atoms with Crippen LogP contribution in [0.5, 0.6) is 0 Å². The van der Waals surface area contributed by atoms with Crippen molar-refractivity contribution in [1.29, 1.82) is 0 Å². The van der Waals surface area contributed by atoms with Gasteiger partial charge in [-0.1, -0.05) is 29.8 Å². The number of aromatic carboxylic acids is 1. The number of pyridine rings is 1. The Bertz CT molecular complexity index is 1510. The highest BCUT2D eigenvalue weighted by molar-refractivity contribution is 9.10. The van der Waals surface area contributed by atoms with Crippen LogP contribution in [0.4, 0.5) is 10.1 Å². The Morgan fingerprint density at radius 2 is 1.94 bits per heavy atom. The summed E-state index contributed by atoms with van der Waals surface area (Å²) < 4.78 is 39.7. The minimum atomic E-state index is -2.37. The molecule has 4 aromatic rings. The standard InChI is InChI=1S/C25H20BrClFN3O4S/c26-19-8-1-14(11-20(19)28)9-10-31(36(34)35)22-13-30-21(12-18(22)15-2-3-15)23(25(32)33)24(29-30)16-4-6-17(27)7-5-16/h1,4-8,11-13,15H,2-3,9-10H2,(H,32,33)(H,34,35). The number of aromatic nitrogens is 2. The number of benzene rings is 2. The molecule has 186 valence electrons. The molecule has 0 radical (unpaired) electrons.